The second-order valence-corrected chi connectivity index (χ2v) is 13.5. The first-order chi connectivity index (χ1) is 19.0. The van der Waals surface area contributed by atoms with E-state index >= 15 is 0 Å². The third kappa shape index (κ3) is 7.84. The van der Waals surface area contributed by atoms with Crippen LogP contribution in [0.2, 0.25) is 0 Å². The van der Waals surface area contributed by atoms with Crippen molar-refractivity contribution in [1.82, 2.24) is 19.5 Å². The average Bonchev–Trinajstić information content (AvgIpc) is 3.35. The van der Waals surface area contributed by atoms with Crippen molar-refractivity contribution in [2.75, 3.05) is 42.9 Å². The summed E-state index contributed by atoms with van der Waals surface area (Å²) in [7, 11) is -8.36. The lowest BCUT2D eigenvalue weighted by Gasteiger charge is -2.28. The minimum Gasteiger partial charge on any atom is -0.386 e. The molecule has 0 aliphatic carbocycles. The topological polar surface area (TPSA) is 213 Å². The fourth-order valence-electron chi connectivity index (χ4n) is 4.37. The molecule has 1 fully saturated rings. The van der Waals surface area contributed by atoms with Crippen molar-refractivity contribution in [3.8, 4) is 0 Å². The van der Waals surface area contributed by atoms with Gasteiger partial charge in [-0.15, -0.1) is 0 Å². The number of nitrogens with one attached hydrogen (secondary N) is 1. The smallest absolute Gasteiger partial charge is 0.340 e. The Morgan fingerprint density at radius 3 is 2.40 bits per heavy atom. The van der Waals surface area contributed by atoms with Crippen molar-refractivity contribution in [1.29, 1.82) is 0 Å². The fraction of sp³-hybridized carbons (Fsp3) is 0.522. The molecule has 15 nitrogen and oxygen atoms in total. The molecule has 17 heteroatoms. The number of aromatic nitrogens is 4. The van der Waals surface area contributed by atoms with Crippen LogP contribution < -0.4 is 10.2 Å². The third-order valence-electron chi connectivity index (χ3n) is 6.43. The molecule has 220 valence electrons. The molecule has 3 aromatic rings. The Morgan fingerprint density at radius 1 is 1.05 bits per heavy atom. The summed E-state index contributed by atoms with van der Waals surface area (Å²) in [5.74, 6) is -0.507. The van der Waals surface area contributed by atoms with Gasteiger partial charge in [0.15, 0.2) is 29.1 Å². The molecule has 0 bridgehead atoms. The molecule has 1 aromatic carbocycles. The summed E-state index contributed by atoms with van der Waals surface area (Å²) >= 11 is 0. The van der Waals surface area contributed by atoms with Crippen molar-refractivity contribution >= 4 is 38.1 Å². The van der Waals surface area contributed by atoms with Crippen LogP contribution in [0.1, 0.15) is 31.1 Å². The first-order valence-corrected chi connectivity index (χ1v) is 16.2. The van der Waals surface area contributed by atoms with Gasteiger partial charge in [-0.2, -0.15) is 9.97 Å². The Morgan fingerprint density at radius 2 is 1.75 bits per heavy atom. The molecule has 1 unspecified atom stereocenters. The average molecular weight is 601 g/mol. The largest absolute Gasteiger partial charge is 0.386 e. The molecule has 0 spiro atoms. The van der Waals surface area contributed by atoms with E-state index in [4.69, 9.17) is 24.0 Å². The zero-order valence-electron chi connectivity index (χ0n) is 21.9. The van der Waals surface area contributed by atoms with E-state index in [2.05, 4.69) is 15.3 Å². The van der Waals surface area contributed by atoms with Gasteiger partial charge in [0.1, 0.15) is 12.2 Å². The normalized spacial score (nSPS) is 18.3. The Kier molecular flexibility index (Phi) is 9.93. The molecule has 0 saturated carbocycles. The van der Waals surface area contributed by atoms with Crippen molar-refractivity contribution in [2.45, 2.75) is 44.2 Å². The second-order valence-electron chi connectivity index (χ2n) is 9.50. The summed E-state index contributed by atoms with van der Waals surface area (Å²) in [6.07, 6.45) is -0.350. The van der Waals surface area contributed by atoms with Crippen molar-refractivity contribution in [3.05, 3.63) is 42.2 Å². The number of anilines is 2. The Balaban J connectivity index is 1.60. The lowest BCUT2D eigenvalue weighted by molar-refractivity contribution is -0.113. The van der Waals surface area contributed by atoms with E-state index in [1.807, 2.05) is 35.2 Å². The maximum absolute atomic E-state index is 12.0. The minimum atomic E-state index is -4.84. The Labute approximate surface area is 230 Å². The van der Waals surface area contributed by atoms with Crippen LogP contribution in [0.3, 0.4) is 0 Å². The quantitative estimate of drug-likeness (QED) is 0.154. The number of imidazole rings is 1. The molecule has 1 aliphatic rings. The molecule has 1 saturated heterocycles. The molecule has 0 amide bonds. The third-order valence-corrected chi connectivity index (χ3v) is 9.88. The first kappa shape index (κ1) is 30.5. The molecule has 0 radical (unpaired) electrons. The SMILES string of the molecule is CO[C@H](COP(=O)(O)CP(=O)(O)O)[C@@H](O)[C@@H](O)n1cnc2c(NCc3ccccc3)nc(N3CCCCC3)nc21. The van der Waals surface area contributed by atoms with Crippen LogP contribution in [0, 0.1) is 0 Å². The van der Waals surface area contributed by atoms with Crippen LogP contribution >= 0.6 is 15.2 Å². The van der Waals surface area contributed by atoms with Crippen LogP contribution in [0.25, 0.3) is 11.2 Å². The Hall–Kier alpha value is -2.45. The zero-order chi connectivity index (χ0) is 28.9. The fourth-order valence-corrected chi connectivity index (χ4v) is 6.93. The monoisotopic (exact) mass is 600 g/mol. The molecule has 4 rings (SSSR count). The predicted molar refractivity (Wildman–Crippen MR) is 146 cm³/mol. The van der Waals surface area contributed by atoms with E-state index in [0.717, 1.165) is 37.9 Å². The van der Waals surface area contributed by atoms with Gasteiger partial charge in [-0.1, -0.05) is 30.3 Å². The van der Waals surface area contributed by atoms with Crippen LogP contribution in [0.5, 0.6) is 0 Å². The van der Waals surface area contributed by atoms with Gasteiger partial charge in [-0.3, -0.25) is 13.7 Å². The molecule has 1 aliphatic heterocycles. The summed E-state index contributed by atoms with van der Waals surface area (Å²) < 4.78 is 34.3. The molecule has 3 heterocycles. The molecular weight excluding hydrogens is 566 g/mol. The van der Waals surface area contributed by atoms with Crippen LogP contribution in [-0.2, 0) is 24.9 Å². The Bertz CT molecular complexity index is 1370. The van der Waals surface area contributed by atoms with Crippen molar-refractivity contribution in [2.24, 2.45) is 0 Å². The summed E-state index contributed by atoms with van der Waals surface area (Å²) in [5.41, 5.74) is 1.61. The molecule has 40 heavy (non-hydrogen) atoms. The van der Waals surface area contributed by atoms with Crippen LogP contribution in [0.4, 0.5) is 11.8 Å². The van der Waals surface area contributed by atoms with Gasteiger partial charge in [0.2, 0.25) is 5.95 Å². The van der Waals surface area contributed by atoms with E-state index in [1.54, 1.807) is 0 Å². The summed E-state index contributed by atoms with van der Waals surface area (Å²) in [6, 6.07) is 9.71. The van der Waals surface area contributed by atoms with E-state index in [-0.39, 0.29) is 5.65 Å². The van der Waals surface area contributed by atoms with E-state index in [1.165, 1.54) is 18.0 Å². The summed E-state index contributed by atoms with van der Waals surface area (Å²) in [4.78, 5) is 43.5. The number of aliphatic hydroxyl groups is 2. The number of piperidine rings is 1. The van der Waals surface area contributed by atoms with E-state index in [0.29, 0.717) is 23.8 Å². The minimum absolute atomic E-state index is 0.239. The van der Waals surface area contributed by atoms with Gasteiger partial charge < -0.3 is 44.4 Å². The number of methoxy groups -OCH3 is 1. The lowest BCUT2D eigenvalue weighted by atomic mass is 10.1. The van der Waals surface area contributed by atoms with Gasteiger partial charge in [0.25, 0.3) is 0 Å². The summed E-state index contributed by atoms with van der Waals surface area (Å²) in [6.45, 7) is 1.26. The van der Waals surface area contributed by atoms with Gasteiger partial charge in [-0.25, -0.2) is 4.98 Å². The number of aliphatic hydroxyl groups excluding tert-OH is 2. The molecule has 4 atom stereocenters. The number of nitrogens with zero attached hydrogens (tertiary/aromatic N) is 5. The molecule has 2 aromatic heterocycles. The van der Waals surface area contributed by atoms with E-state index in [9.17, 15) is 24.2 Å². The predicted octanol–water partition coefficient (Wildman–Crippen LogP) is 1.63. The van der Waals surface area contributed by atoms with Gasteiger partial charge in [-0.05, 0) is 24.8 Å². The highest BCUT2D eigenvalue weighted by Crippen LogP contribution is 2.55. The van der Waals surface area contributed by atoms with Gasteiger partial charge >= 0.3 is 15.2 Å². The highest BCUT2D eigenvalue weighted by Gasteiger charge is 2.35. The highest BCUT2D eigenvalue weighted by molar-refractivity contribution is 7.70. The highest BCUT2D eigenvalue weighted by atomic mass is 31.2. The maximum Gasteiger partial charge on any atom is 0.340 e. The number of rotatable bonds is 13. The van der Waals surface area contributed by atoms with Crippen molar-refractivity contribution in [3.63, 3.8) is 0 Å². The number of hydrogen-bond acceptors (Lipinski definition) is 11. The number of fused-ring (bicyclic) bond motifs is 1. The number of ether oxygens (including phenoxy) is 1. The van der Waals surface area contributed by atoms with Crippen LogP contribution in [0.15, 0.2) is 36.7 Å². The summed E-state index contributed by atoms with van der Waals surface area (Å²) in [5, 5.41) is 25.2. The van der Waals surface area contributed by atoms with Crippen LogP contribution in [-0.4, -0.2) is 89.3 Å². The van der Waals surface area contributed by atoms with Crippen molar-refractivity contribution < 1.29 is 43.3 Å². The zero-order valence-corrected chi connectivity index (χ0v) is 23.6. The van der Waals surface area contributed by atoms with E-state index < -0.39 is 46.1 Å². The first-order valence-electron chi connectivity index (χ1n) is 12.6. The number of benzene rings is 1. The second kappa shape index (κ2) is 13.0. The molecule has 6 N–H and O–H groups in total. The molecular formula is C23H34N6O9P2. The van der Waals surface area contributed by atoms with Gasteiger partial charge in [0.05, 0.1) is 12.9 Å². The standard InChI is InChI=1S/C23H34N6O9P2/c1-37-17(13-38-40(35,36)15-39(32,33)34)19(30)22(31)29-14-25-18-20(24-12-16-8-4-2-5-9-16)26-23(27-21(18)29)28-10-6-3-7-11-28/h2,4-5,8-9,14,17,19,22,30-31H,3,6-7,10-13,15H2,1H3,(H,35,36)(H,24,26,27)(H2,32,33,34)/t17-,19-,22-/m1/s1. The number of hydrogen-bond donors (Lipinski definition) is 6. The maximum atomic E-state index is 12.0. The van der Waals surface area contributed by atoms with Gasteiger partial charge in [0, 0.05) is 26.7 Å². The lowest BCUT2D eigenvalue weighted by Crippen LogP contribution is -2.39.